The number of benzene rings is 1. The molecule has 0 fully saturated rings. The highest BCUT2D eigenvalue weighted by atomic mass is 16.3. The SMILES string of the molecule is CC#CCNc1ccc(O)cc1. The molecule has 2 N–H and O–H groups in total. The Labute approximate surface area is 72.2 Å². The third-order valence-corrected chi connectivity index (χ3v) is 1.42. The number of anilines is 1. The van der Waals surface area contributed by atoms with Crippen molar-refractivity contribution in [3.05, 3.63) is 24.3 Å². The summed E-state index contributed by atoms with van der Waals surface area (Å²) in [7, 11) is 0. The van der Waals surface area contributed by atoms with Crippen molar-refractivity contribution in [2.24, 2.45) is 0 Å². The normalized spacial score (nSPS) is 8.42. The van der Waals surface area contributed by atoms with Gasteiger partial charge < -0.3 is 10.4 Å². The smallest absolute Gasteiger partial charge is 0.115 e. The van der Waals surface area contributed by atoms with Gasteiger partial charge in [0.25, 0.3) is 0 Å². The molecule has 12 heavy (non-hydrogen) atoms. The van der Waals surface area contributed by atoms with Gasteiger partial charge in [-0.2, -0.15) is 0 Å². The van der Waals surface area contributed by atoms with E-state index < -0.39 is 0 Å². The lowest BCUT2D eigenvalue weighted by Gasteiger charge is -2.00. The summed E-state index contributed by atoms with van der Waals surface area (Å²) in [6, 6.07) is 6.91. The van der Waals surface area contributed by atoms with Gasteiger partial charge in [0, 0.05) is 5.69 Å². The van der Waals surface area contributed by atoms with Crippen LogP contribution < -0.4 is 5.32 Å². The molecular weight excluding hydrogens is 150 g/mol. The monoisotopic (exact) mass is 161 g/mol. The number of phenols is 1. The van der Waals surface area contributed by atoms with Crippen molar-refractivity contribution in [3.8, 4) is 17.6 Å². The van der Waals surface area contributed by atoms with E-state index in [9.17, 15) is 0 Å². The lowest BCUT2D eigenvalue weighted by atomic mass is 10.3. The van der Waals surface area contributed by atoms with Crippen LogP contribution in [0.3, 0.4) is 0 Å². The molecule has 0 unspecified atom stereocenters. The van der Waals surface area contributed by atoms with Gasteiger partial charge in [0.1, 0.15) is 5.75 Å². The molecule has 0 aliphatic carbocycles. The van der Waals surface area contributed by atoms with Gasteiger partial charge in [0.15, 0.2) is 0 Å². The van der Waals surface area contributed by atoms with E-state index in [1.165, 1.54) is 0 Å². The number of nitrogens with one attached hydrogen (secondary N) is 1. The van der Waals surface area contributed by atoms with Crippen LogP contribution in [-0.2, 0) is 0 Å². The number of phenolic OH excluding ortho intramolecular Hbond substituents is 1. The molecule has 0 aliphatic heterocycles. The summed E-state index contributed by atoms with van der Waals surface area (Å²) in [5, 5.41) is 12.1. The van der Waals surface area contributed by atoms with Crippen LogP contribution in [0.2, 0.25) is 0 Å². The van der Waals surface area contributed by atoms with E-state index in [1.54, 1.807) is 19.1 Å². The van der Waals surface area contributed by atoms with Crippen molar-refractivity contribution < 1.29 is 5.11 Å². The standard InChI is InChI=1S/C10H11NO/c1-2-3-8-11-9-4-6-10(12)7-5-9/h4-7,11-12H,8H2,1H3. The average Bonchev–Trinajstić information content (AvgIpc) is 2.09. The summed E-state index contributed by atoms with van der Waals surface area (Å²) in [6.45, 7) is 2.44. The molecule has 0 saturated heterocycles. The molecular formula is C10H11NO. The van der Waals surface area contributed by atoms with Gasteiger partial charge in [0.05, 0.1) is 6.54 Å². The second kappa shape index (κ2) is 4.30. The van der Waals surface area contributed by atoms with Crippen molar-refractivity contribution in [1.29, 1.82) is 0 Å². The fraction of sp³-hybridized carbons (Fsp3) is 0.200. The number of hydrogen-bond donors (Lipinski definition) is 2. The second-order valence-corrected chi connectivity index (χ2v) is 2.33. The molecule has 1 aromatic rings. The third-order valence-electron chi connectivity index (χ3n) is 1.42. The Morgan fingerprint density at radius 2 is 2.00 bits per heavy atom. The second-order valence-electron chi connectivity index (χ2n) is 2.33. The zero-order chi connectivity index (χ0) is 8.81. The Balaban J connectivity index is 2.51. The van der Waals surface area contributed by atoms with Crippen LogP contribution >= 0.6 is 0 Å². The van der Waals surface area contributed by atoms with Crippen LogP contribution in [0.15, 0.2) is 24.3 Å². The number of hydrogen-bond acceptors (Lipinski definition) is 2. The number of rotatable bonds is 2. The Morgan fingerprint density at radius 1 is 1.33 bits per heavy atom. The van der Waals surface area contributed by atoms with E-state index in [1.807, 2.05) is 12.1 Å². The fourth-order valence-electron chi connectivity index (χ4n) is 0.814. The zero-order valence-electron chi connectivity index (χ0n) is 6.96. The maximum absolute atomic E-state index is 8.97. The zero-order valence-corrected chi connectivity index (χ0v) is 6.96. The molecule has 1 rings (SSSR count). The van der Waals surface area contributed by atoms with E-state index in [-0.39, 0.29) is 5.75 Å². The van der Waals surface area contributed by atoms with Crippen molar-refractivity contribution in [1.82, 2.24) is 0 Å². The van der Waals surface area contributed by atoms with Crippen molar-refractivity contribution in [3.63, 3.8) is 0 Å². The van der Waals surface area contributed by atoms with Gasteiger partial charge in [-0.05, 0) is 31.2 Å². The van der Waals surface area contributed by atoms with E-state index in [4.69, 9.17) is 5.11 Å². The summed E-state index contributed by atoms with van der Waals surface area (Å²) >= 11 is 0. The summed E-state index contributed by atoms with van der Waals surface area (Å²) < 4.78 is 0. The Kier molecular flexibility index (Phi) is 3.04. The lowest BCUT2D eigenvalue weighted by Crippen LogP contribution is -1.97. The van der Waals surface area contributed by atoms with E-state index in [2.05, 4.69) is 17.2 Å². The maximum Gasteiger partial charge on any atom is 0.115 e. The first kappa shape index (κ1) is 8.48. The molecule has 0 amide bonds. The first-order chi connectivity index (χ1) is 5.83. The molecule has 0 saturated carbocycles. The average molecular weight is 161 g/mol. The molecule has 0 spiro atoms. The molecule has 0 radical (unpaired) electrons. The van der Waals surface area contributed by atoms with E-state index in [0.717, 1.165) is 5.69 Å². The molecule has 2 nitrogen and oxygen atoms in total. The Morgan fingerprint density at radius 3 is 2.58 bits per heavy atom. The van der Waals surface area contributed by atoms with Gasteiger partial charge >= 0.3 is 0 Å². The predicted octanol–water partition coefficient (Wildman–Crippen LogP) is 1.83. The molecule has 0 aliphatic rings. The van der Waals surface area contributed by atoms with Crippen LogP contribution in [0, 0.1) is 11.8 Å². The molecule has 62 valence electrons. The molecule has 1 aromatic carbocycles. The van der Waals surface area contributed by atoms with Gasteiger partial charge in [-0.25, -0.2) is 0 Å². The Bertz CT molecular complexity index is 292. The van der Waals surface area contributed by atoms with Gasteiger partial charge in [-0.15, -0.1) is 5.92 Å². The molecule has 0 aromatic heterocycles. The van der Waals surface area contributed by atoms with Gasteiger partial charge in [0.2, 0.25) is 0 Å². The first-order valence-electron chi connectivity index (χ1n) is 3.75. The van der Waals surface area contributed by atoms with Crippen LogP contribution in [0.4, 0.5) is 5.69 Å². The van der Waals surface area contributed by atoms with Gasteiger partial charge in [-0.1, -0.05) is 5.92 Å². The third kappa shape index (κ3) is 2.55. The summed E-state index contributed by atoms with van der Waals surface area (Å²) in [6.07, 6.45) is 0. The minimum atomic E-state index is 0.280. The summed E-state index contributed by atoms with van der Waals surface area (Å²) in [5.41, 5.74) is 0.968. The summed E-state index contributed by atoms with van der Waals surface area (Å²) in [4.78, 5) is 0. The van der Waals surface area contributed by atoms with Crippen LogP contribution in [0.1, 0.15) is 6.92 Å². The fourth-order valence-corrected chi connectivity index (χ4v) is 0.814. The topological polar surface area (TPSA) is 32.3 Å². The summed E-state index contributed by atoms with van der Waals surface area (Å²) in [5.74, 6) is 5.95. The lowest BCUT2D eigenvalue weighted by molar-refractivity contribution is 0.475. The predicted molar refractivity (Wildman–Crippen MR) is 50.0 cm³/mol. The van der Waals surface area contributed by atoms with E-state index >= 15 is 0 Å². The van der Waals surface area contributed by atoms with Crippen LogP contribution in [0.5, 0.6) is 5.75 Å². The van der Waals surface area contributed by atoms with Gasteiger partial charge in [-0.3, -0.25) is 0 Å². The highest BCUT2D eigenvalue weighted by Gasteiger charge is 1.88. The highest BCUT2D eigenvalue weighted by Crippen LogP contribution is 2.12. The Hall–Kier alpha value is -1.62. The first-order valence-corrected chi connectivity index (χ1v) is 3.75. The van der Waals surface area contributed by atoms with Crippen molar-refractivity contribution >= 4 is 5.69 Å². The highest BCUT2D eigenvalue weighted by molar-refractivity contribution is 5.46. The molecule has 2 heteroatoms. The largest absolute Gasteiger partial charge is 0.508 e. The molecule has 0 heterocycles. The minimum Gasteiger partial charge on any atom is -0.508 e. The molecule has 0 atom stereocenters. The van der Waals surface area contributed by atoms with Crippen LogP contribution in [0.25, 0.3) is 0 Å². The molecule has 0 bridgehead atoms. The quantitative estimate of drug-likeness (QED) is 0.512. The van der Waals surface area contributed by atoms with Crippen molar-refractivity contribution in [2.45, 2.75) is 6.92 Å². The van der Waals surface area contributed by atoms with Crippen molar-refractivity contribution in [2.75, 3.05) is 11.9 Å². The van der Waals surface area contributed by atoms with E-state index in [0.29, 0.717) is 6.54 Å². The minimum absolute atomic E-state index is 0.280. The van der Waals surface area contributed by atoms with Crippen LogP contribution in [-0.4, -0.2) is 11.7 Å². The number of aromatic hydroxyl groups is 1. The maximum atomic E-state index is 8.97.